The second kappa shape index (κ2) is 18.8. The molecule has 2 heteroatoms. The number of imidazole rings is 1. The molecule has 0 N–H and O–H groups in total. The van der Waals surface area contributed by atoms with Crippen LogP contribution in [0.15, 0.2) is 42.7 Å². The van der Waals surface area contributed by atoms with E-state index in [1.54, 1.807) is 5.82 Å². The molecule has 0 spiro atoms. The van der Waals surface area contributed by atoms with E-state index in [1.165, 1.54) is 128 Å². The second-order valence-corrected chi connectivity index (χ2v) is 10.0. The van der Waals surface area contributed by atoms with E-state index < -0.39 is 0 Å². The molecule has 2 aromatic rings. The summed E-state index contributed by atoms with van der Waals surface area (Å²) in [5.74, 6) is 1.57. The first-order valence-electron chi connectivity index (χ1n) is 14.5. The Hall–Kier alpha value is -1.57. The van der Waals surface area contributed by atoms with Crippen LogP contribution < -0.4 is 4.57 Å². The molecule has 1 aromatic carbocycles. The van der Waals surface area contributed by atoms with Crippen molar-refractivity contribution in [3.63, 3.8) is 0 Å². The molecule has 2 rings (SSSR count). The van der Waals surface area contributed by atoms with E-state index in [2.05, 4.69) is 65.7 Å². The molecule has 0 aliphatic heterocycles. The van der Waals surface area contributed by atoms with Crippen molar-refractivity contribution in [1.82, 2.24) is 4.57 Å². The van der Waals surface area contributed by atoms with Crippen molar-refractivity contribution in [2.45, 2.75) is 143 Å². The largest absolute Gasteiger partial charge is 0.256 e. The van der Waals surface area contributed by atoms with E-state index in [4.69, 9.17) is 0 Å². The van der Waals surface area contributed by atoms with Crippen LogP contribution in [0.3, 0.4) is 0 Å². The molecule has 0 bridgehead atoms. The van der Waals surface area contributed by atoms with E-state index in [-0.39, 0.29) is 0 Å². The van der Waals surface area contributed by atoms with Gasteiger partial charge >= 0.3 is 0 Å². The summed E-state index contributed by atoms with van der Waals surface area (Å²) in [6.45, 7) is 6.95. The Labute approximate surface area is 205 Å². The highest BCUT2D eigenvalue weighted by atomic mass is 15.1. The summed E-state index contributed by atoms with van der Waals surface area (Å²) in [5.41, 5.74) is 1.46. The minimum Gasteiger partial charge on any atom is -0.234 e. The molecule has 0 amide bonds. The summed E-state index contributed by atoms with van der Waals surface area (Å²) < 4.78 is 5.14. The van der Waals surface area contributed by atoms with Gasteiger partial charge < -0.3 is 0 Å². The van der Waals surface area contributed by atoms with Crippen molar-refractivity contribution in [2.24, 2.45) is 0 Å². The van der Waals surface area contributed by atoms with Crippen LogP contribution in [0, 0.1) is 0 Å². The van der Waals surface area contributed by atoms with Gasteiger partial charge in [0.2, 0.25) is 0 Å². The lowest BCUT2D eigenvalue weighted by atomic mass is 10.1. The van der Waals surface area contributed by atoms with Crippen LogP contribution in [0.25, 0.3) is 0 Å². The summed E-state index contributed by atoms with van der Waals surface area (Å²) in [7, 11) is 0. The summed E-state index contributed by atoms with van der Waals surface area (Å²) in [5, 5.41) is 0. The molecule has 0 atom stereocenters. The lowest BCUT2D eigenvalue weighted by Gasteiger charge is -2.07. The predicted molar refractivity (Wildman–Crippen MR) is 144 cm³/mol. The van der Waals surface area contributed by atoms with Crippen molar-refractivity contribution in [2.75, 3.05) is 0 Å². The van der Waals surface area contributed by atoms with E-state index in [9.17, 15) is 0 Å². The lowest BCUT2D eigenvalue weighted by Crippen LogP contribution is -2.37. The summed E-state index contributed by atoms with van der Waals surface area (Å²) >= 11 is 0. The van der Waals surface area contributed by atoms with Gasteiger partial charge in [-0.2, -0.15) is 0 Å². The number of unbranched alkanes of at least 4 members (excludes halogenated alkanes) is 13. The fourth-order valence-electron chi connectivity index (χ4n) is 4.95. The highest BCUT2D eigenvalue weighted by molar-refractivity contribution is 5.14. The van der Waals surface area contributed by atoms with Gasteiger partial charge in [-0.25, -0.2) is 9.13 Å². The maximum absolute atomic E-state index is 2.58. The fraction of sp³-hybridized carbons (Fsp3) is 0.710. The van der Waals surface area contributed by atoms with E-state index in [0.717, 1.165) is 6.54 Å². The molecule has 0 saturated carbocycles. The fourth-order valence-corrected chi connectivity index (χ4v) is 4.95. The van der Waals surface area contributed by atoms with Gasteiger partial charge in [0.15, 0.2) is 0 Å². The average Bonchev–Trinajstić information content (AvgIpc) is 3.22. The van der Waals surface area contributed by atoms with Gasteiger partial charge in [0, 0.05) is 6.42 Å². The minimum atomic E-state index is 1.14. The first-order chi connectivity index (χ1) is 16.3. The standard InChI is InChI=1S/C31H53N2/c1-3-5-7-9-11-12-14-19-25-31-32(26-20-15-13-10-8-6-4-2)28-29-33(31)27-21-24-30-22-17-16-18-23-30/h16-18,22-23,28-29H,3-15,19-21,24-27H2,1-2H3/q+1. The van der Waals surface area contributed by atoms with Gasteiger partial charge in [0.25, 0.3) is 5.82 Å². The molecule has 0 fully saturated rings. The van der Waals surface area contributed by atoms with Crippen molar-refractivity contribution < 1.29 is 4.57 Å². The first kappa shape index (κ1) is 27.7. The molecule has 0 radical (unpaired) electrons. The van der Waals surface area contributed by atoms with Crippen LogP contribution in [-0.2, 0) is 25.9 Å². The molecule has 1 heterocycles. The molecule has 33 heavy (non-hydrogen) atoms. The smallest absolute Gasteiger partial charge is 0.234 e. The molecule has 186 valence electrons. The average molecular weight is 454 g/mol. The van der Waals surface area contributed by atoms with E-state index in [0.29, 0.717) is 0 Å². The number of aromatic nitrogens is 2. The SMILES string of the molecule is CCCCCCCCCCc1n(CCCCCCCCC)cc[n+]1CCCc1ccccc1. The third-order valence-electron chi connectivity index (χ3n) is 7.05. The topological polar surface area (TPSA) is 8.81 Å². The Kier molecular flexibility index (Phi) is 15.8. The van der Waals surface area contributed by atoms with Gasteiger partial charge in [-0.1, -0.05) is 121 Å². The highest BCUT2D eigenvalue weighted by Crippen LogP contribution is 2.13. The summed E-state index contributed by atoms with van der Waals surface area (Å²) in [4.78, 5) is 0. The molecule has 2 nitrogen and oxygen atoms in total. The van der Waals surface area contributed by atoms with Crippen LogP contribution in [-0.4, -0.2) is 4.57 Å². The third kappa shape index (κ3) is 12.5. The Morgan fingerprint density at radius 2 is 1.18 bits per heavy atom. The van der Waals surface area contributed by atoms with Crippen molar-refractivity contribution in [3.05, 3.63) is 54.1 Å². The van der Waals surface area contributed by atoms with Gasteiger partial charge in [-0.15, -0.1) is 0 Å². The number of hydrogen-bond donors (Lipinski definition) is 0. The van der Waals surface area contributed by atoms with Gasteiger partial charge in [-0.3, -0.25) is 0 Å². The van der Waals surface area contributed by atoms with Gasteiger partial charge in [-0.05, 0) is 37.7 Å². The normalized spacial score (nSPS) is 11.3. The summed E-state index contributed by atoms with van der Waals surface area (Å²) in [6, 6.07) is 11.0. The Morgan fingerprint density at radius 1 is 0.606 bits per heavy atom. The number of rotatable bonds is 21. The maximum atomic E-state index is 2.58. The van der Waals surface area contributed by atoms with Crippen LogP contribution >= 0.6 is 0 Å². The van der Waals surface area contributed by atoms with E-state index >= 15 is 0 Å². The van der Waals surface area contributed by atoms with Crippen LogP contribution in [0.1, 0.15) is 128 Å². The number of benzene rings is 1. The highest BCUT2D eigenvalue weighted by Gasteiger charge is 2.16. The summed E-state index contributed by atoms with van der Waals surface area (Å²) in [6.07, 6.45) is 29.3. The van der Waals surface area contributed by atoms with Crippen molar-refractivity contribution >= 4 is 0 Å². The third-order valence-corrected chi connectivity index (χ3v) is 7.05. The van der Waals surface area contributed by atoms with Crippen LogP contribution in [0.5, 0.6) is 0 Å². The van der Waals surface area contributed by atoms with Crippen LogP contribution in [0.4, 0.5) is 0 Å². The number of hydrogen-bond acceptors (Lipinski definition) is 0. The Morgan fingerprint density at radius 3 is 1.82 bits per heavy atom. The first-order valence-corrected chi connectivity index (χ1v) is 14.5. The molecular formula is C31H53N2+. The zero-order valence-corrected chi connectivity index (χ0v) is 22.1. The van der Waals surface area contributed by atoms with E-state index in [1.807, 2.05) is 0 Å². The number of nitrogens with zero attached hydrogens (tertiary/aromatic N) is 2. The molecule has 1 aromatic heterocycles. The molecule has 0 aliphatic rings. The second-order valence-electron chi connectivity index (χ2n) is 10.0. The molecular weight excluding hydrogens is 400 g/mol. The van der Waals surface area contributed by atoms with Gasteiger partial charge in [0.1, 0.15) is 12.4 Å². The van der Waals surface area contributed by atoms with Crippen molar-refractivity contribution in [3.8, 4) is 0 Å². The Bertz CT molecular complexity index is 688. The minimum absolute atomic E-state index is 1.14. The Balaban J connectivity index is 1.78. The molecule has 0 unspecified atom stereocenters. The zero-order chi connectivity index (χ0) is 23.4. The van der Waals surface area contributed by atoms with Crippen molar-refractivity contribution in [1.29, 1.82) is 0 Å². The zero-order valence-electron chi connectivity index (χ0n) is 22.1. The molecule has 0 saturated heterocycles. The molecule has 0 aliphatic carbocycles. The predicted octanol–water partition coefficient (Wildman–Crippen LogP) is 8.84. The maximum Gasteiger partial charge on any atom is 0.256 e. The van der Waals surface area contributed by atoms with Crippen LogP contribution in [0.2, 0.25) is 0 Å². The van der Waals surface area contributed by atoms with Gasteiger partial charge in [0.05, 0.1) is 13.1 Å². The quantitative estimate of drug-likeness (QED) is 0.132. The number of aryl methyl sites for hydroxylation is 3. The lowest BCUT2D eigenvalue weighted by molar-refractivity contribution is -0.704. The monoisotopic (exact) mass is 453 g/mol.